The number of amides is 1. The molecule has 0 radical (unpaired) electrons. The van der Waals surface area contributed by atoms with Gasteiger partial charge in [-0.1, -0.05) is 41.9 Å². The molecule has 1 N–H and O–H groups in total. The highest BCUT2D eigenvalue weighted by Crippen LogP contribution is 2.29. The van der Waals surface area contributed by atoms with Crippen molar-refractivity contribution in [3.63, 3.8) is 0 Å². The third kappa shape index (κ3) is 5.65. The van der Waals surface area contributed by atoms with Crippen LogP contribution in [-0.2, 0) is 11.4 Å². The average molecular weight is 422 g/mol. The van der Waals surface area contributed by atoms with E-state index in [1.807, 2.05) is 43.3 Å². The van der Waals surface area contributed by atoms with E-state index in [1.165, 1.54) is 11.6 Å². The average Bonchev–Trinajstić information content (AvgIpc) is 2.74. The molecule has 0 aliphatic rings. The first-order chi connectivity index (χ1) is 14.5. The van der Waals surface area contributed by atoms with E-state index < -0.39 is 0 Å². The van der Waals surface area contributed by atoms with Crippen molar-refractivity contribution in [3.05, 3.63) is 94.0 Å². The van der Waals surface area contributed by atoms with Crippen LogP contribution in [-0.4, -0.2) is 13.0 Å². The molecule has 4 nitrogen and oxygen atoms in total. The Bertz CT molecular complexity index is 1080. The summed E-state index contributed by atoms with van der Waals surface area (Å²) in [5.41, 5.74) is 4.77. The van der Waals surface area contributed by atoms with Gasteiger partial charge in [0.25, 0.3) is 0 Å². The minimum absolute atomic E-state index is 0.223. The Labute approximate surface area is 182 Å². The first-order valence-corrected chi connectivity index (χ1v) is 9.94. The van der Waals surface area contributed by atoms with Gasteiger partial charge in [-0.05, 0) is 72.5 Å². The van der Waals surface area contributed by atoms with Gasteiger partial charge < -0.3 is 14.8 Å². The molecule has 0 saturated carbocycles. The normalized spacial score (nSPS) is 10.8. The molecule has 1 amide bonds. The molecule has 0 unspecified atom stereocenters. The SMILES string of the molecule is COc1cc(/C=C/C(=O)Nc2ccc(Cl)cc2C)ccc1OCc1ccccc1C. The van der Waals surface area contributed by atoms with Crippen LogP contribution in [0.15, 0.2) is 66.7 Å². The van der Waals surface area contributed by atoms with Crippen molar-refractivity contribution in [1.29, 1.82) is 0 Å². The second-order valence-electron chi connectivity index (χ2n) is 6.91. The lowest BCUT2D eigenvalue weighted by molar-refractivity contribution is -0.111. The summed E-state index contributed by atoms with van der Waals surface area (Å²) >= 11 is 5.95. The van der Waals surface area contributed by atoms with Gasteiger partial charge in [0.15, 0.2) is 11.5 Å². The Morgan fingerprint density at radius 1 is 1.00 bits per heavy atom. The standard InChI is InChI=1S/C25H24ClNO3/c1-17-6-4-5-7-20(17)16-30-23-12-8-19(15-24(23)29-3)9-13-25(28)27-22-11-10-21(26)14-18(22)2/h4-15H,16H2,1-3H3,(H,27,28)/b13-9+. The van der Waals surface area contributed by atoms with E-state index in [4.69, 9.17) is 21.1 Å². The third-order valence-corrected chi connectivity index (χ3v) is 4.94. The van der Waals surface area contributed by atoms with Crippen LogP contribution in [0, 0.1) is 13.8 Å². The number of halogens is 1. The number of methoxy groups -OCH3 is 1. The molecule has 0 fully saturated rings. The van der Waals surface area contributed by atoms with Crippen LogP contribution in [0.4, 0.5) is 5.69 Å². The topological polar surface area (TPSA) is 47.6 Å². The highest BCUT2D eigenvalue weighted by Gasteiger charge is 2.07. The van der Waals surface area contributed by atoms with Crippen molar-refractivity contribution in [3.8, 4) is 11.5 Å². The van der Waals surface area contributed by atoms with Crippen molar-refractivity contribution >= 4 is 29.3 Å². The Balaban J connectivity index is 1.66. The minimum Gasteiger partial charge on any atom is -0.493 e. The number of hydrogen-bond donors (Lipinski definition) is 1. The van der Waals surface area contributed by atoms with Gasteiger partial charge in [0.1, 0.15) is 6.61 Å². The molecule has 30 heavy (non-hydrogen) atoms. The molecular weight excluding hydrogens is 398 g/mol. The van der Waals surface area contributed by atoms with Crippen molar-refractivity contribution in [2.45, 2.75) is 20.5 Å². The molecule has 0 atom stereocenters. The van der Waals surface area contributed by atoms with Gasteiger partial charge in [-0.2, -0.15) is 0 Å². The largest absolute Gasteiger partial charge is 0.493 e. The van der Waals surface area contributed by atoms with E-state index in [1.54, 1.807) is 31.4 Å². The van der Waals surface area contributed by atoms with Crippen molar-refractivity contribution in [1.82, 2.24) is 0 Å². The molecular formula is C25H24ClNO3. The van der Waals surface area contributed by atoms with Crippen LogP contribution in [0.1, 0.15) is 22.3 Å². The van der Waals surface area contributed by atoms with E-state index >= 15 is 0 Å². The van der Waals surface area contributed by atoms with Crippen LogP contribution >= 0.6 is 11.6 Å². The molecule has 3 rings (SSSR count). The van der Waals surface area contributed by atoms with Gasteiger partial charge >= 0.3 is 0 Å². The van der Waals surface area contributed by atoms with E-state index in [-0.39, 0.29) is 5.91 Å². The van der Waals surface area contributed by atoms with Crippen molar-refractivity contribution < 1.29 is 14.3 Å². The zero-order chi connectivity index (χ0) is 21.5. The lowest BCUT2D eigenvalue weighted by Gasteiger charge is -2.12. The van der Waals surface area contributed by atoms with Crippen LogP contribution in [0.2, 0.25) is 5.02 Å². The number of carbonyl (C=O) groups is 1. The minimum atomic E-state index is -0.223. The molecule has 3 aromatic carbocycles. The Morgan fingerprint density at radius 2 is 1.80 bits per heavy atom. The molecule has 5 heteroatoms. The quantitative estimate of drug-likeness (QED) is 0.462. The molecule has 0 aromatic heterocycles. The maximum Gasteiger partial charge on any atom is 0.248 e. The van der Waals surface area contributed by atoms with Gasteiger partial charge in [-0.15, -0.1) is 0 Å². The molecule has 0 aliphatic carbocycles. The number of benzene rings is 3. The van der Waals surface area contributed by atoms with Gasteiger partial charge in [0.2, 0.25) is 5.91 Å². The number of carbonyl (C=O) groups excluding carboxylic acids is 1. The number of nitrogens with one attached hydrogen (secondary N) is 1. The summed E-state index contributed by atoms with van der Waals surface area (Å²) in [7, 11) is 1.60. The van der Waals surface area contributed by atoms with E-state index in [2.05, 4.69) is 18.3 Å². The number of hydrogen-bond acceptors (Lipinski definition) is 3. The fraction of sp³-hybridized carbons (Fsp3) is 0.160. The zero-order valence-corrected chi connectivity index (χ0v) is 18.0. The molecule has 0 bridgehead atoms. The van der Waals surface area contributed by atoms with E-state index in [0.717, 1.165) is 22.4 Å². The summed E-state index contributed by atoms with van der Waals surface area (Å²) in [5, 5.41) is 3.49. The summed E-state index contributed by atoms with van der Waals surface area (Å²) in [6.07, 6.45) is 3.21. The first kappa shape index (κ1) is 21.5. The van der Waals surface area contributed by atoms with Gasteiger partial charge in [0, 0.05) is 16.8 Å². The Kier molecular flexibility index (Phi) is 7.15. The molecule has 0 aliphatic heterocycles. The fourth-order valence-electron chi connectivity index (χ4n) is 2.95. The van der Waals surface area contributed by atoms with Crippen LogP contribution in [0.25, 0.3) is 6.08 Å². The summed E-state index contributed by atoms with van der Waals surface area (Å²) < 4.78 is 11.4. The Morgan fingerprint density at radius 3 is 2.53 bits per heavy atom. The van der Waals surface area contributed by atoms with Gasteiger partial charge in [0.05, 0.1) is 7.11 Å². The van der Waals surface area contributed by atoms with Crippen LogP contribution in [0.5, 0.6) is 11.5 Å². The number of rotatable bonds is 7. The summed E-state index contributed by atoms with van der Waals surface area (Å²) in [6.45, 7) is 4.41. The summed E-state index contributed by atoms with van der Waals surface area (Å²) in [4.78, 5) is 12.2. The maximum atomic E-state index is 12.2. The van der Waals surface area contributed by atoms with Crippen molar-refractivity contribution in [2.24, 2.45) is 0 Å². The van der Waals surface area contributed by atoms with Crippen LogP contribution < -0.4 is 14.8 Å². The molecule has 0 saturated heterocycles. The molecule has 3 aromatic rings. The second-order valence-corrected chi connectivity index (χ2v) is 7.34. The van der Waals surface area contributed by atoms with E-state index in [9.17, 15) is 4.79 Å². The maximum absolute atomic E-state index is 12.2. The van der Waals surface area contributed by atoms with Crippen molar-refractivity contribution in [2.75, 3.05) is 12.4 Å². The number of anilines is 1. The summed E-state index contributed by atoms with van der Waals surface area (Å²) in [6, 6.07) is 19.0. The number of aryl methyl sites for hydroxylation is 2. The van der Waals surface area contributed by atoms with Gasteiger partial charge in [-0.25, -0.2) is 0 Å². The highest BCUT2D eigenvalue weighted by atomic mass is 35.5. The smallest absolute Gasteiger partial charge is 0.248 e. The fourth-order valence-corrected chi connectivity index (χ4v) is 3.17. The lowest BCUT2D eigenvalue weighted by Crippen LogP contribution is -2.08. The molecule has 154 valence electrons. The monoisotopic (exact) mass is 421 g/mol. The highest BCUT2D eigenvalue weighted by molar-refractivity contribution is 6.30. The number of ether oxygens (including phenoxy) is 2. The Hall–Kier alpha value is -3.24. The molecule has 0 spiro atoms. The van der Waals surface area contributed by atoms with Gasteiger partial charge in [-0.3, -0.25) is 4.79 Å². The zero-order valence-electron chi connectivity index (χ0n) is 17.2. The summed E-state index contributed by atoms with van der Waals surface area (Å²) in [5.74, 6) is 1.04. The predicted octanol–water partition coefficient (Wildman–Crippen LogP) is 6.20. The van der Waals surface area contributed by atoms with E-state index in [0.29, 0.717) is 23.1 Å². The molecule has 0 heterocycles. The lowest BCUT2D eigenvalue weighted by atomic mass is 10.1. The second kappa shape index (κ2) is 9.99. The predicted molar refractivity (Wildman–Crippen MR) is 122 cm³/mol. The van der Waals surface area contributed by atoms with Crippen LogP contribution in [0.3, 0.4) is 0 Å². The first-order valence-electron chi connectivity index (χ1n) is 9.57. The third-order valence-electron chi connectivity index (χ3n) is 4.71.